The van der Waals surface area contributed by atoms with E-state index in [1.807, 2.05) is 22.9 Å². The first-order chi connectivity index (χ1) is 10.9. The number of carbonyl (C=O) groups is 1. The lowest BCUT2D eigenvalue weighted by Crippen LogP contribution is -2.10. The second-order valence-corrected chi connectivity index (χ2v) is 6.17. The first-order valence-corrected chi connectivity index (χ1v) is 8.06. The summed E-state index contributed by atoms with van der Waals surface area (Å²) < 4.78 is 1.93. The number of nitrogens with zero attached hydrogens (tertiary/aromatic N) is 3. The Bertz CT molecular complexity index is 810. The highest BCUT2D eigenvalue weighted by atomic mass is 32.2. The van der Waals surface area contributed by atoms with Crippen LogP contribution in [0.4, 0.5) is 0 Å². The van der Waals surface area contributed by atoms with E-state index in [-0.39, 0.29) is 22.8 Å². The van der Waals surface area contributed by atoms with Crippen LogP contribution in [0, 0.1) is 25.2 Å². The summed E-state index contributed by atoms with van der Waals surface area (Å²) in [5, 5.41) is 9.68. The average Bonchev–Trinajstić information content (AvgIpc) is 2.96. The highest BCUT2D eigenvalue weighted by Crippen LogP contribution is 2.23. The minimum atomic E-state index is -0.285. The number of aromatic nitrogens is 2. The summed E-state index contributed by atoms with van der Waals surface area (Å²) in [6.07, 6.45) is 3.55. The summed E-state index contributed by atoms with van der Waals surface area (Å²) in [6.45, 7) is 5.67. The lowest BCUT2D eigenvalue weighted by atomic mass is 10.1. The third kappa shape index (κ3) is 3.82. The highest BCUT2D eigenvalue weighted by molar-refractivity contribution is 7.99. The van der Waals surface area contributed by atoms with Crippen LogP contribution in [0.2, 0.25) is 0 Å². The van der Waals surface area contributed by atoms with Gasteiger partial charge in [-0.2, -0.15) is 5.26 Å². The van der Waals surface area contributed by atoms with Gasteiger partial charge in [-0.15, -0.1) is 0 Å². The van der Waals surface area contributed by atoms with Crippen LogP contribution in [0.15, 0.2) is 47.0 Å². The van der Waals surface area contributed by atoms with E-state index in [0.29, 0.717) is 5.16 Å². The quantitative estimate of drug-likeness (QED) is 0.519. The maximum absolute atomic E-state index is 12.0. The van der Waals surface area contributed by atoms with Crippen LogP contribution in [0.3, 0.4) is 0 Å². The van der Waals surface area contributed by atoms with Gasteiger partial charge in [-0.05, 0) is 44.0 Å². The van der Waals surface area contributed by atoms with Gasteiger partial charge in [-0.1, -0.05) is 17.8 Å². The van der Waals surface area contributed by atoms with Crippen LogP contribution in [0.25, 0.3) is 5.69 Å². The third-order valence-electron chi connectivity index (χ3n) is 3.49. The molecular weight excluding hydrogens is 308 g/mol. The van der Waals surface area contributed by atoms with Gasteiger partial charge in [0.05, 0.1) is 5.75 Å². The van der Waals surface area contributed by atoms with Crippen molar-refractivity contribution in [1.29, 1.82) is 5.26 Å². The molecule has 6 heteroatoms. The topological polar surface area (TPSA) is 84.7 Å². The Kier molecular flexibility index (Phi) is 5.24. The van der Waals surface area contributed by atoms with Gasteiger partial charge >= 0.3 is 0 Å². The molecule has 0 aliphatic carbocycles. The fourth-order valence-corrected chi connectivity index (χ4v) is 2.89. The normalized spacial score (nSPS) is 11.7. The molecule has 0 saturated carbocycles. The van der Waals surface area contributed by atoms with Crippen LogP contribution in [0.5, 0.6) is 0 Å². The minimum absolute atomic E-state index is 0.0155. The Morgan fingerprint density at radius 2 is 2.13 bits per heavy atom. The van der Waals surface area contributed by atoms with Crippen molar-refractivity contribution >= 4 is 17.5 Å². The molecule has 0 atom stereocenters. The van der Waals surface area contributed by atoms with Gasteiger partial charge in [0.1, 0.15) is 11.6 Å². The van der Waals surface area contributed by atoms with Gasteiger partial charge in [0, 0.05) is 23.8 Å². The third-order valence-corrected chi connectivity index (χ3v) is 4.46. The van der Waals surface area contributed by atoms with Crippen LogP contribution in [0.1, 0.15) is 18.1 Å². The van der Waals surface area contributed by atoms with Crippen molar-refractivity contribution in [2.24, 2.45) is 5.73 Å². The zero-order chi connectivity index (χ0) is 17.0. The summed E-state index contributed by atoms with van der Waals surface area (Å²) in [7, 11) is 0. The number of Topliss-reactive ketones (excluding diaryl/α,β-unsaturated/α-hetero) is 1. The number of nitrogens with two attached hydrogens (primary N) is 1. The lowest BCUT2D eigenvalue weighted by Gasteiger charge is -2.09. The number of hydrogen-bond acceptors (Lipinski definition) is 5. The summed E-state index contributed by atoms with van der Waals surface area (Å²) in [4.78, 5) is 16.3. The molecule has 0 unspecified atom stereocenters. The zero-order valence-corrected chi connectivity index (χ0v) is 14.1. The SMILES string of the molecule is C/C(N)=C(/C#N)C(=O)CSc1nccn1-c1ccc(C)c(C)c1. The Morgan fingerprint density at radius 1 is 1.39 bits per heavy atom. The first-order valence-electron chi connectivity index (χ1n) is 7.07. The largest absolute Gasteiger partial charge is 0.401 e. The lowest BCUT2D eigenvalue weighted by molar-refractivity contribution is -0.112. The van der Waals surface area contributed by atoms with Gasteiger partial charge in [0.2, 0.25) is 0 Å². The number of aryl methyl sites for hydroxylation is 2. The number of carbonyl (C=O) groups excluding carboxylic acids is 1. The van der Waals surface area contributed by atoms with Gasteiger partial charge < -0.3 is 5.73 Å². The Labute approximate surface area is 139 Å². The van der Waals surface area contributed by atoms with E-state index in [9.17, 15) is 4.79 Å². The standard InChI is InChI=1S/C17H18N4OS/c1-11-4-5-14(8-12(11)2)21-7-6-20-17(21)23-10-16(22)15(9-18)13(3)19/h4-8H,10,19H2,1-3H3/b15-13+. The van der Waals surface area contributed by atoms with E-state index in [0.717, 1.165) is 5.69 Å². The highest BCUT2D eigenvalue weighted by Gasteiger charge is 2.14. The fraction of sp³-hybridized carbons (Fsp3) is 0.235. The van der Waals surface area contributed by atoms with Gasteiger partial charge in [0.15, 0.2) is 10.9 Å². The first kappa shape index (κ1) is 16.8. The molecular formula is C17H18N4OS. The number of benzene rings is 1. The molecule has 5 nitrogen and oxygen atoms in total. The summed E-state index contributed by atoms with van der Waals surface area (Å²) in [5.74, 6) is -0.161. The average molecular weight is 326 g/mol. The monoisotopic (exact) mass is 326 g/mol. The molecule has 2 N–H and O–H groups in total. The molecule has 23 heavy (non-hydrogen) atoms. The van der Waals surface area contributed by atoms with Crippen molar-refractivity contribution in [3.05, 3.63) is 53.0 Å². The molecule has 0 spiro atoms. The molecule has 2 rings (SSSR count). The molecule has 0 saturated heterocycles. The smallest absolute Gasteiger partial charge is 0.185 e. The molecule has 0 aliphatic heterocycles. The number of imidazole rings is 1. The molecule has 118 valence electrons. The number of ketones is 1. The molecule has 2 aromatic rings. The van der Waals surface area contributed by atoms with Crippen molar-refractivity contribution in [2.75, 3.05) is 5.75 Å². The predicted molar refractivity (Wildman–Crippen MR) is 91.3 cm³/mol. The van der Waals surface area contributed by atoms with E-state index in [2.05, 4.69) is 31.0 Å². The second kappa shape index (κ2) is 7.16. The molecule has 1 aromatic carbocycles. The molecule has 1 aromatic heterocycles. The van der Waals surface area contributed by atoms with Crippen molar-refractivity contribution < 1.29 is 4.79 Å². The van der Waals surface area contributed by atoms with Crippen LogP contribution in [-0.2, 0) is 4.79 Å². The Morgan fingerprint density at radius 3 is 2.74 bits per heavy atom. The number of rotatable bonds is 5. The number of hydrogen-bond donors (Lipinski definition) is 1. The van der Waals surface area contributed by atoms with Crippen molar-refractivity contribution in [3.8, 4) is 11.8 Å². The van der Waals surface area contributed by atoms with E-state index >= 15 is 0 Å². The van der Waals surface area contributed by atoms with Crippen molar-refractivity contribution in [3.63, 3.8) is 0 Å². The number of allylic oxidation sites excluding steroid dienone is 2. The van der Waals surface area contributed by atoms with Gasteiger partial charge in [-0.3, -0.25) is 9.36 Å². The maximum Gasteiger partial charge on any atom is 0.185 e. The van der Waals surface area contributed by atoms with E-state index in [1.165, 1.54) is 22.9 Å². The molecule has 0 aliphatic rings. The molecule has 0 radical (unpaired) electrons. The minimum Gasteiger partial charge on any atom is -0.401 e. The number of thioether (sulfide) groups is 1. The van der Waals surface area contributed by atoms with Crippen LogP contribution < -0.4 is 5.73 Å². The van der Waals surface area contributed by atoms with Gasteiger partial charge in [-0.25, -0.2) is 4.98 Å². The summed E-state index contributed by atoms with van der Waals surface area (Å²) in [6, 6.07) is 8.00. The molecule has 1 heterocycles. The second-order valence-electron chi connectivity index (χ2n) is 5.23. The van der Waals surface area contributed by atoms with E-state index in [1.54, 1.807) is 13.1 Å². The summed E-state index contributed by atoms with van der Waals surface area (Å²) in [5.41, 5.74) is 9.22. The fourth-order valence-electron chi connectivity index (χ4n) is 2.04. The van der Waals surface area contributed by atoms with Crippen molar-refractivity contribution in [2.45, 2.75) is 25.9 Å². The Hall–Kier alpha value is -2.52. The number of nitriles is 1. The van der Waals surface area contributed by atoms with E-state index < -0.39 is 0 Å². The van der Waals surface area contributed by atoms with Crippen LogP contribution in [-0.4, -0.2) is 21.1 Å². The summed E-state index contributed by atoms with van der Waals surface area (Å²) >= 11 is 1.29. The van der Waals surface area contributed by atoms with Crippen molar-refractivity contribution in [1.82, 2.24) is 9.55 Å². The van der Waals surface area contributed by atoms with Crippen LogP contribution >= 0.6 is 11.8 Å². The Balaban J connectivity index is 2.19. The maximum atomic E-state index is 12.0. The molecule has 0 fully saturated rings. The van der Waals surface area contributed by atoms with Gasteiger partial charge in [0.25, 0.3) is 0 Å². The molecule has 0 bridgehead atoms. The van der Waals surface area contributed by atoms with E-state index in [4.69, 9.17) is 11.0 Å². The zero-order valence-electron chi connectivity index (χ0n) is 13.3. The predicted octanol–water partition coefficient (Wildman–Crippen LogP) is 2.91. The molecule has 0 amide bonds.